The fourth-order valence-electron chi connectivity index (χ4n) is 1.17. The van der Waals surface area contributed by atoms with E-state index in [0.29, 0.717) is 6.04 Å². The first-order valence-corrected chi connectivity index (χ1v) is 4.14. The zero-order valence-corrected chi connectivity index (χ0v) is 6.92. The van der Waals surface area contributed by atoms with E-state index >= 15 is 0 Å². The molecule has 0 saturated heterocycles. The van der Waals surface area contributed by atoms with Gasteiger partial charge in [0.15, 0.2) is 0 Å². The summed E-state index contributed by atoms with van der Waals surface area (Å²) in [5.74, 6) is 1.21. The SMILES string of the molecule is CC1CC1Nc1ccc(F)cn1. The molecular weight excluding hydrogens is 155 g/mol. The second-order valence-corrected chi connectivity index (χ2v) is 3.33. The average Bonchev–Trinajstić information content (AvgIpc) is 2.72. The number of nitrogens with one attached hydrogen (secondary N) is 1. The molecule has 2 unspecified atom stereocenters. The molecule has 1 aliphatic carbocycles. The maximum absolute atomic E-state index is 12.4. The Bertz CT molecular complexity index is 270. The Balaban J connectivity index is 2.00. The average molecular weight is 166 g/mol. The van der Waals surface area contributed by atoms with Crippen molar-refractivity contribution >= 4 is 5.82 Å². The zero-order valence-electron chi connectivity index (χ0n) is 6.92. The van der Waals surface area contributed by atoms with Gasteiger partial charge in [0.2, 0.25) is 0 Å². The second kappa shape index (κ2) is 2.73. The van der Waals surface area contributed by atoms with Gasteiger partial charge in [-0.3, -0.25) is 0 Å². The first-order valence-electron chi connectivity index (χ1n) is 4.14. The predicted octanol–water partition coefficient (Wildman–Crippen LogP) is 2.04. The van der Waals surface area contributed by atoms with E-state index in [9.17, 15) is 4.39 Å². The van der Waals surface area contributed by atoms with Gasteiger partial charge in [-0.25, -0.2) is 9.37 Å². The molecule has 2 nitrogen and oxygen atoms in total. The molecule has 12 heavy (non-hydrogen) atoms. The van der Waals surface area contributed by atoms with Gasteiger partial charge >= 0.3 is 0 Å². The number of rotatable bonds is 2. The Labute approximate surface area is 70.8 Å². The minimum absolute atomic E-state index is 0.288. The molecule has 0 spiro atoms. The highest BCUT2D eigenvalue weighted by molar-refractivity contribution is 5.36. The lowest BCUT2D eigenvalue weighted by Crippen LogP contribution is -2.04. The molecule has 3 heteroatoms. The van der Waals surface area contributed by atoms with Gasteiger partial charge in [-0.1, -0.05) is 6.92 Å². The van der Waals surface area contributed by atoms with E-state index in [0.717, 1.165) is 11.7 Å². The maximum Gasteiger partial charge on any atom is 0.141 e. The van der Waals surface area contributed by atoms with Gasteiger partial charge in [0.25, 0.3) is 0 Å². The number of pyridine rings is 1. The number of nitrogens with zero attached hydrogens (tertiary/aromatic N) is 1. The largest absolute Gasteiger partial charge is 0.367 e. The highest BCUT2D eigenvalue weighted by Crippen LogP contribution is 2.31. The van der Waals surface area contributed by atoms with Crippen LogP contribution in [0, 0.1) is 11.7 Å². The van der Waals surface area contributed by atoms with E-state index < -0.39 is 0 Å². The second-order valence-electron chi connectivity index (χ2n) is 3.33. The van der Waals surface area contributed by atoms with Crippen LogP contribution in [0.2, 0.25) is 0 Å². The fraction of sp³-hybridized carbons (Fsp3) is 0.444. The fourth-order valence-corrected chi connectivity index (χ4v) is 1.17. The van der Waals surface area contributed by atoms with Crippen molar-refractivity contribution in [1.82, 2.24) is 4.98 Å². The first kappa shape index (κ1) is 7.53. The van der Waals surface area contributed by atoms with Crippen LogP contribution in [-0.2, 0) is 0 Å². The van der Waals surface area contributed by atoms with Crippen LogP contribution in [0.5, 0.6) is 0 Å². The van der Waals surface area contributed by atoms with Gasteiger partial charge in [-0.15, -0.1) is 0 Å². The number of hydrogen-bond donors (Lipinski definition) is 1. The van der Waals surface area contributed by atoms with Crippen LogP contribution in [0.3, 0.4) is 0 Å². The van der Waals surface area contributed by atoms with Crippen molar-refractivity contribution < 1.29 is 4.39 Å². The predicted molar refractivity (Wildman–Crippen MR) is 45.4 cm³/mol. The summed E-state index contributed by atoms with van der Waals surface area (Å²) in [5.41, 5.74) is 0. The Morgan fingerprint density at radius 1 is 1.58 bits per heavy atom. The summed E-state index contributed by atoms with van der Waals surface area (Å²) < 4.78 is 12.4. The van der Waals surface area contributed by atoms with E-state index in [1.54, 1.807) is 6.07 Å². The summed E-state index contributed by atoms with van der Waals surface area (Å²) in [5, 5.41) is 3.22. The topological polar surface area (TPSA) is 24.9 Å². The van der Waals surface area contributed by atoms with Gasteiger partial charge in [-0.2, -0.15) is 0 Å². The third-order valence-corrected chi connectivity index (χ3v) is 2.17. The minimum Gasteiger partial charge on any atom is -0.367 e. The van der Waals surface area contributed by atoms with Gasteiger partial charge in [0.05, 0.1) is 6.20 Å². The van der Waals surface area contributed by atoms with Crippen LogP contribution in [0.4, 0.5) is 10.2 Å². The summed E-state index contributed by atoms with van der Waals surface area (Å²) in [7, 11) is 0. The van der Waals surface area contributed by atoms with Crippen molar-refractivity contribution in [1.29, 1.82) is 0 Å². The molecule has 1 heterocycles. The van der Waals surface area contributed by atoms with E-state index in [4.69, 9.17) is 0 Å². The van der Waals surface area contributed by atoms with E-state index in [1.165, 1.54) is 18.7 Å². The van der Waals surface area contributed by atoms with Gasteiger partial charge in [-0.05, 0) is 24.5 Å². The summed E-state index contributed by atoms with van der Waals surface area (Å²) in [6.45, 7) is 2.18. The molecular formula is C9H11FN2. The van der Waals surface area contributed by atoms with Crippen molar-refractivity contribution in [2.24, 2.45) is 5.92 Å². The number of hydrogen-bond acceptors (Lipinski definition) is 2. The Morgan fingerprint density at radius 2 is 2.33 bits per heavy atom. The quantitative estimate of drug-likeness (QED) is 0.727. The first-order chi connectivity index (χ1) is 5.75. The van der Waals surface area contributed by atoms with Crippen molar-refractivity contribution in [3.05, 3.63) is 24.1 Å². The lowest BCUT2D eigenvalue weighted by atomic mass is 10.4. The molecule has 0 bridgehead atoms. The van der Waals surface area contributed by atoms with Gasteiger partial charge < -0.3 is 5.32 Å². The lowest BCUT2D eigenvalue weighted by molar-refractivity contribution is 0.621. The molecule has 1 aromatic rings. The molecule has 0 amide bonds. The molecule has 1 aliphatic rings. The van der Waals surface area contributed by atoms with Crippen LogP contribution in [0.25, 0.3) is 0 Å². The number of anilines is 1. The third-order valence-electron chi connectivity index (χ3n) is 2.17. The van der Waals surface area contributed by atoms with Crippen LogP contribution in [0.1, 0.15) is 13.3 Å². The van der Waals surface area contributed by atoms with Crippen molar-refractivity contribution in [3.63, 3.8) is 0 Å². The molecule has 2 atom stereocenters. The minimum atomic E-state index is -0.288. The van der Waals surface area contributed by atoms with Crippen LogP contribution >= 0.6 is 0 Å². The summed E-state index contributed by atoms with van der Waals surface area (Å²) in [4.78, 5) is 3.91. The molecule has 64 valence electrons. The normalized spacial score (nSPS) is 26.8. The molecule has 0 aromatic carbocycles. The maximum atomic E-state index is 12.4. The highest BCUT2D eigenvalue weighted by atomic mass is 19.1. The summed E-state index contributed by atoms with van der Waals surface area (Å²) >= 11 is 0. The lowest BCUT2D eigenvalue weighted by Gasteiger charge is -2.02. The van der Waals surface area contributed by atoms with E-state index in [-0.39, 0.29) is 5.82 Å². The van der Waals surface area contributed by atoms with Crippen molar-refractivity contribution in [2.45, 2.75) is 19.4 Å². The highest BCUT2D eigenvalue weighted by Gasteiger charge is 2.32. The summed E-state index contributed by atoms with van der Waals surface area (Å²) in [6.07, 6.45) is 2.43. The standard InChI is InChI=1S/C9H11FN2/c1-6-4-8(6)12-9-3-2-7(10)5-11-9/h2-3,5-6,8H,4H2,1H3,(H,11,12). The molecule has 0 aliphatic heterocycles. The zero-order chi connectivity index (χ0) is 8.55. The Kier molecular flexibility index (Phi) is 1.71. The molecule has 1 aromatic heterocycles. The molecule has 0 radical (unpaired) electrons. The van der Waals surface area contributed by atoms with Crippen molar-refractivity contribution in [3.8, 4) is 0 Å². The van der Waals surface area contributed by atoms with E-state index in [1.807, 2.05) is 0 Å². The van der Waals surface area contributed by atoms with E-state index in [2.05, 4.69) is 17.2 Å². The third kappa shape index (κ3) is 1.55. The molecule has 1 fully saturated rings. The van der Waals surface area contributed by atoms with Crippen LogP contribution in [-0.4, -0.2) is 11.0 Å². The van der Waals surface area contributed by atoms with Crippen LogP contribution < -0.4 is 5.32 Å². The summed E-state index contributed by atoms with van der Waals surface area (Å²) in [6, 6.07) is 3.63. The van der Waals surface area contributed by atoms with Crippen molar-refractivity contribution in [2.75, 3.05) is 5.32 Å². The van der Waals surface area contributed by atoms with Gasteiger partial charge in [0, 0.05) is 6.04 Å². The number of aromatic nitrogens is 1. The molecule has 1 N–H and O–H groups in total. The van der Waals surface area contributed by atoms with Gasteiger partial charge in [0.1, 0.15) is 11.6 Å². The Morgan fingerprint density at radius 3 is 2.83 bits per heavy atom. The smallest absolute Gasteiger partial charge is 0.141 e. The monoisotopic (exact) mass is 166 g/mol. The molecule has 1 saturated carbocycles. The van der Waals surface area contributed by atoms with Crippen LogP contribution in [0.15, 0.2) is 18.3 Å². The Hall–Kier alpha value is -1.12. The number of halogens is 1. The molecule has 2 rings (SSSR count).